The van der Waals surface area contributed by atoms with Crippen LogP contribution < -0.4 is 21.7 Å². The van der Waals surface area contributed by atoms with Crippen LogP contribution in [-0.4, -0.2) is 39.1 Å². The predicted molar refractivity (Wildman–Crippen MR) is 121 cm³/mol. The standard InChI is InChI=1S/C23H24N4O6/c1-3-26-21(29)18(19(24)27(23(26)31)13-15-9-6-5-7-10-15)17(28)14-33-22(30)16-11-8-12-25-20(16)32-4-2/h5-12H,3-4,13-14,24H2,1-2H3. The van der Waals surface area contributed by atoms with Crippen LogP contribution in [0.2, 0.25) is 0 Å². The third kappa shape index (κ3) is 5.00. The summed E-state index contributed by atoms with van der Waals surface area (Å²) in [5.74, 6) is -1.87. The summed E-state index contributed by atoms with van der Waals surface area (Å²) in [7, 11) is 0. The fourth-order valence-electron chi connectivity index (χ4n) is 3.25. The van der Waals surface area contributed by atoms with Gasteiger partial charge in [-0.15, -0.1) is 0 Å². The lowest BCUT2D eigenvalue weighted by molar-refractivity contribution is 0.0469. The molecule has 0 aliphatic carbocycles. The number of hydrogen-bond acceptors (Lipinski definition) is 8. The van der Waals surface area contributed by atoms with E-state index in [1.807, 2.05) is 6.07 Å². The van der Waals surface area contributed by atoms with Gasteiger partial charge in [0.1, 0.15) is 16.9 Å². The zero-order chi connectivity index (χ0) is 24.0. The van der Waals surface area contributed by atoms with Crippen molar-refractivity contribution in [1.29, 1.82) is 0 Å². The second-order valence-corrected chi connectivity index (χ2v) is 6.95. The van der Waals surface area contributed by atoms with Crippen LogP contribution in [-0.2, 0) is 17.8 Å². The summed E-state index contributed by atoms with van der Waals surface area (Å²) in [4.78, 5) is 54.9. The Balaban J connectivity index is 1.91. The molecule has 0 aliphatic heterocycles. The maximum Gasteiger partial charge on any atom is 0.344 e. The van der Waals surface area contributed by atoms with Gasteiger partial charge in [-0.2, -0.15) is 0 Å². The molecule has 1 aromatic carbocycles. The summed E-state index contributed by atoms with van der Waals surface area (Å²) in [6, 6.07) is 12.0. The number of pyridine rings is 1. The number of anilines is 1. The van der Waals surface area contributed by atoms with Crippen molar-refractivity contribution in [3.8, 4) is 5.88 Å². The van der Waals surface area contributed by atoms with Gasteiger partial charge in [0.15, 0.2) is 6.61 Å². The summed E-state index contributed by atoms with van der Waals surface area (Å²) < 4.78 is 12.5. The number of nitrogens with zero attached hydrogens (tertiary/aromatic N) is 3. The Kier molecular flexibility index (Phi) is 7.39. The molecule has 0 radical (unpaired) electrons. The molecule has 0 saturated heterocycles. The molecule has 0 spiro atoms. The fraction of sp³-hybridized carbons (Fsp3) is 0.261. The van der Waals surface area contributed by atoms with Gasteiger partial charge in [-0.25, -0.2) is 14.6 Å². The third-order valence-electron chi connectivity index (χ3n) is 4.85. The van der Waals surface area contributed by atoms with Crippen molar-refractivity contribution in [2.24, 2.45) is 0 Å². The molecule has 0 bridgehead atoms. The lowest BCUT2D eigenvalue weighted by atomic mass is 10.1. The van der Waals surface area contributed by atoms with Crippen molar-refractivity contribution in [1.82, 2.24) is 14.1 Å². The van der Waals surface area contributed by atoms with Crippen molar-refractivity contribution >= 4 is 17.6 Å². The number of ketones is 1. The average molecular weight is 452 g/mol. The first kappa shape index (κ1) is 23.5. The Hall–Kier alpha value is -4.21. The zero-order valence-corrected chi connectivity index (χ0v) is 18.3. The number of carbonyl (C=O) groups excluding carboxylic acids is 2. The van der Waals surface area contributed by atoms with Crippen molar-refractivity contribution in [2.45, 2.75) is 26.9 Å². The van der Waals surface area contributed by atoms with Crippen LogP contribution in [0.15, 0.2) is 58.3 Å². The van der Waals surface area contributed by atoms with E-state index in [1.54, 1.807) is 38.1 Å². The smallest absolute Gasteiger partial charge is 0.344 e. The highest BCUT2D eigenvalue weighted by molar-refractivity contribution is 6.02. The number of nitrogens with two attached hydrogens (primary N) is 1. The SMILES string of the molecule is CCOc1ncccc1C(=O)OCC(=O)c1c(N)n(Cc2ccccc2)c(=O)n(CC)c1=O. The predicted octanol–water partition coefficient (Wildman–Crippen LogP) is 1.49. The van der Waals surface area contributed by atoms with Crippen molar-refractivity contribution in [3.63, 3.8) is 0 Å². The largest absolute Gasteiger partial charge is 0.477 e. The molecule has 0 aliphatic rings. The molecular formula is C23H24N4O6. The van der Waals surface area contributed by atoms with Gasteiger partial charge in [-0.3, -0.25) is 18.7 Å². The van der Waals surface area contributed by atoms with Crippen LogP contribution in [0, 0.1) is 0 Å². The number of ether oxygens (including phenoxy) is 2. The molecule has 0 atom stereocenters. The quantitative estimate of drug-likeness (QED) is 0.381. The van der Waals surface area contributed by atoms with E-state index in [9.17, 15) is 19.2 Å². The summed E-state index contributed by atoms with van der Waals surface area (Å²) >= 11 is 0. The van der Waals surface area contributed by atoms with E-state index in [-0.39, 0.29) is 37.0 Å². The Morgan fingerprint density at radius 2 is 1.76 bits per heavy atom. The Labute approximate surface area is 189 Å². The van der Waals surface area contributed by atoms with E-state index in [4.69, 9.17) is 15.2 Å². The summed E-state index contributed by atoms with van der Waals surface area (Å²) in [5.41, 5.74) is 5.03. The monoisotopic (exact) mass is 452 g/mol. The van der Waals surface area contributed by atoms with Gasteiger partial charge in [-0.05, 0) is 31.5 Å². The molecule has 0 unspecified atom stereocenters. The maximum atomic E-state index is 12.9. The second kappa shape index (κ2) is 10.4. The number of hydrogen-bond donors (Lipinski definition) is 1. The van der Waals surface area contributed by atoms with E-state index in [0.717, 1.165) is 14.7 Å². The van der Waals surface area contributed by atoms with E-state index >= 15 is 0 Å². The highest BCUT2D eigenvalue weighted by Crippen LogP contribution is 2.16. The number of rotatable bonds is 9. The highest BCUT2D eigenvalue weighted by atomic mass is 16.5. The average Bonchev–Trinajstić information content (AvgIpc) is 2.82. The Bertz CT molecular complexity index is 1280. The molecule has 2 aromatic heterocycles. The minimum Gasteiger partial charge on any atom is -0.477 e. The number of benzene rings is 1. The van der Waals surface area contributed by atoms with Crippen LogP contribution >= 0.6 is 0 Å². The van der Waals surface area contributed by atoms with Crippen molar-refractivity contribution in [3.05, 3.63) is 86.2 Å². The van der Waals surface area contributed by atoms with Gasteiger partial charge in [-0.1, -0.05) is 30.3 Å². The first-order chi connectivity index (χ1) is 15.9. The molecule has 3 rings (SSSR count). The van der Waals surface area contributed by atoms with Gasteiger partial charge in [0.05, 0.1) is 13.2 Å². The molecule has 2 heterocycles. The molecule has 0 amide bonds. The molecule has 10 nitrogen and oxygen atoms in total. The Morgan fingerprint density at radius 1 is 1.03 bits per heavy atom. The molecule has 3 aromatic rings. The van der Waals surface area contributed by atoms with Gasteiger partial charge >= 0.3 is 11.7 Å². The molecule has 172 valence electrons. The lowest BCUT2D eigenvalue weighted by Gasteiger charge is -2.16. The minimum atomic E-state index is -0.841. The normalized spacial score (nSPS) is 10.6. The number of esters is 1. The third-order valence-corrected chi connectivity index (χ3v) is 4.85. The van der Waals surface area contributed by atoms with Gasteiger partial charge in [0.2, 0.25) is 11.7 Å². The number of Topliss-reactive ketones (excluding diaryl/α,β-unsaturated/α-hetero) is 1. The van der Waals surface area contributed by atoms with Gasteiger partial charge < -0.3 is 15.2 Å². The summed E-state index contributed by atoms with van der Waals surface area (Å²) in [5, 5.41) is 0. The summed E-state index contributed by atoms with van der Waals surface area (Å²) in [6.45, 7) is 2.99. The minimum absolute atomic E-state index is 0.0418. The molecule has 2 N–H and O–H groups in total. The fourth-order valence-corrected chi connectivity index (χ4v) is 3.25. The van der Waals surface area contributed by atoms with Crippen molar-refractivity contribution < 1.29 is 19.1 Å². The van der Waals surface area contributed by atoms with Crippen LogP contribution in [0.3, 0.4) is 0 Å². The highest BCUT2D eigenvalue weighted by Gasteiger charge is 2.24. The lowest BCUT2D eigenvalue weighted by Crippen LogP contribution is -2.44. The zero-order valence-electron chi connectivity index (χ0n) is 18.3. The first-order valence-electron chi connectivity index (χ1n) is 10.3. The summed E-state index contributed by atoms with van der Waals surface area (Å²) in [6.07, 6.45) is 1.46. The van der Waals surface area contributed by atoms with E-state index in [2.05, 4.69) is 4.98 Å². The maximum absolute atomic E-state index is 12.9. The van der Waals surface area contributed by atoms with Crippen LogP contribution in [0.5, 0.6) is 5.88 Å². The number of carbonyl (C=O) groups is 2. The van der Waals surface area contributed by atoms with E-state index < -0.39 is 35.2 Å². The number of nitrogen functional groups attached to an aromatic ring is 1. The number of aromatic nitrogens is 3. The molecular weight excluding hydrogens is 428 g/mol. The van der Waals surface area contributed by atoms with Crippen LogP contribution in [0.1, 0.15) is 40.1 Å². The molecule has 0 fully saturated rings. The van der Waals surface area contributed by atoms with Gasteiger partial charge in [0, 0.05) is 12.7 Å². The second-order valence-electron chi connectivity index (χ2n) is 6.95. The van der Waals surface area contributed by atoms with E-state index in [1.165, 1.54) is 18.3 Å². The molecule has 33 heavy (non-hydrogen) atoms. The molecule has 0 saturated carbocycles. The first-order valence-corrected chi connectivity index (χ1v) is 10.3. The van der Waals surface area contributed by atoms with Crippen molar-refractivity contribution in [2.75, 3.05) is 18.9 Å². The van der Waals surface area contributed by atoms with Gasteiger partial charge in [0.25, 0.3) is 5.56 Å². The van der Waals surface area contributed by atoms with Crippen LogP contribution in [0.25, 0.3) is 0 Å². The van der Waals surface area contributed by atoms with E-state index in [0.29, 0.717) is 0 Å². The van der Waals surface area contributed by atoms with Crippen LogP contribution in [0.4, 0.5) is 5.82 Å². The topological polar surface area (TPSA) is 136 Å². The Morgan fingerprint density at radius 3 is 2.42 bits per heavy atom. The molecule has 10 heteroatoms.